The van der Waals surface area contributed by atoms with Crippen LogP contribution in [0.5, 0.6) is 0 Å². The Morgan fingerprint density at radius 1 is 1.07 bits per heavy atom. The highest BCUT2D eigenvalue weighted by atomic mass is 16.6. The lowest BCUT2D eigenvalue weighted by Crippen LogP contribution is -2.83. The van der Waals surface area contributed by atoms with E-state index >= 15 is 0 Å². The van der Waals surface area contributed by atoms with E-state index in [0.29, 0.717) is 56.4 Å². The maximum Gasteiger partial charge on any atom is 0.340 e. The third kappa shape index (κ3) is 3.21. The largest absolute Gasteiger partial charge is 0.454 e. The molecule has 1 spiro atoms. The molecule has 1 saturated heterocycles. The molecule has 10 nitrogen and oxygen atoms in total. The van der Waals surface area contributed by atoms with Crippen LogP contribution < -0.4 is 5.32 Å². The zero-order chi connectivity index (χ0) is 29.8. The summed E-state index contributed by atoms with van der Waals surface area (Å²) in [6.45, 7) is 4.79. The number of nitrogens with zero attached hydrogens (tertiary/aromatic N) is 1. The lowest BCUT2D eigenvalue weighted by Gasteiger charge is -2.70. The molecule has 7 bridgehead atoms. The number of methoxy groups -OCH3 is 3. The molecule has 3 N–H and O–H groups in total. The van der Waals surface area contributed by atoms with Crippen molar-refractivity contribution in [1.82, 2.24) is 4.90 Å². The van der Waals surface area contributed by atoms with Gasteiger partial charge in [0.25, 0.3) is 0 Å². The lowest BCUT2D eigenvalue weighted by molar-refractivity contribution is -0.337. The number of carbonyl (C=O) groups excluding carboxylic acids is 2. The van der Waals surface area contributed by atoms with Crippen molar-refractivity contribution in [2.75, 3.05) is 39.7 Å². The number of hydrogen-bond donors (Lipinski definition) is 3. The van der Waals surface area contributed by atoms with Gasteiger partial charge in [0.2, 0.25) is 5.91 Å². The van der Waals surface area contributed by atoms with E-state index in [1.807, 2.05) is 0 Å². The van der Waals surface area contributed by atoms with Crippen molar-refractivity contribution in [3.63, 3.8) is 0 Å². The molecule has 0 radical (unpaired) electrons. The highest BCUT2D eigenvalue weighted by Crippen LogP contribution is 2.79. The number of aliphatic hydroxyl groups is 2. The van der Waals surface area contributed by atoms with Crippen LogP contribution in [-0.2, 0) is 23.7 Å². The molecule has 42 heavy (non-hydrogen) atoms. The second-order valence-corrected chi connectivity index (χ2v) is 13.7. The Bertz CT molecular complexity index is 1290. The van der Waals surface area contributed by atoms with Gasteiger partial charge in [0.1, 0.15) is 16.8 Å². The van der Waals surface area contributed by atoms with Crippen LogP contribution in [-0.4, -0.2) is 103 Å². The predicted molar refractivity (Wildman–Crippen MR) is 152 cm³/mol. The standard InChI is InChI=1S/C32H44N2O8/c1-6-34-16-29(42-28(36)18-9-7-8-10-21(18)33-17(2)35)12-11-25(40-4)31-23(29)14-20(26(31)34)30(37)15-22(39-3)19-13-24(31)32(30,38)27(19)41-5/h7-10,19-20,22-27,37-38H,6,11-16H2,1-5H3,(H,33,35)/t19-,20+,22+,23+,24+,25+,26-,27-,29-,30+,31+,32+/m1/s1. The summed E-state index contributed by atoms with van der Waals surface area (Å²) in [6.07, 6.45) is 1.91. The number of carbonyl (C=O) groups is 2. The Morgan fingerprint density at radius 2 is 1.83 bits per heavy atom. The van der Waals surface area contributed by atoms with Crippen molar-refractivity contribution in [2.45, 2.75) is 87.1 Å². The van der Waals surface area contributed by atoms with Gasteiger partial charge in [-0.1, -0.05) is 19.1 Å². The number of hydrogen-bond acceptors (Lipinski definition) is 9. The van der Waals surface area contributed by atoms with Gasteiger partial charge < -0.3 is 34.5 Å². The van der Waals surface area contributed by atoms with Crippen molar-refractivity contribution in [3.05, 3.63) is 29.8 Å². The van der Waals surface area contributed by atoms with Crippen molar-refractivity contribution >= 4 is 17.6 Å². The van der Waals surface area contributed by atoms with Crippen LogP contribution >= 0.6 is 0 Å². The minimum atomic E-state index is -1.48. The summed E-state index contributed by atoms with van der Waals surface area (Å²) in [5.74, 6) is -1.54. The Morgan fingerprint density at radius 3 is 2.50 bits per heavy atom. The van der Waals surface area contributed by atoms with Crippen LogP contribution in [0.3, 0.4) is 0 Å². The van der Waals surface area contributed by atoms with E-state index in [9.17, 15) is 19.8 Å². The summed E-state index contributed by atoms with van der Waals surface area (Å²) in [6, 6.07) is 6.89. The van der Waals surface area contributed by atoms with Crippen molar-refractivity contribution in [2.24, 2.45) is 29.1 Å². The first-order valence-electron chi connectivity index (χ1n) is 15.4. The molecule has 0 unspecified atom stereocenters. The van der Waals surface area contributed by atoms with Gasteiger partial charge in [-0.3, -0.25) is 9.69 Å². The number of rotatable bonds is 7. The molecule has 1 heterocycles. The zero-order valence-corrected chi connectivity index (χ0v) is 25.2. The summed E-state index contributed by atoms with van der Waals surface area (Å²) < 4.78 is 25.1. The van der Waals surface area contributed by atoms with E-state index in [1.54, 1.807) is 45.6 Å². The number of amides is 1. The van der Waals surface area contributed by atoms with Crippen molar-refractivity contribution < 1.29 is 38.7 Å². The van der Waals surface area contributed by atoms with Gasteiger partial charge in [0.05, 0.1) is 29.6 Å². The third-order valence-corrected chi connectivity index (χ3v) is 12.6. The number of fused-ring (bicyclic) bond motifs is 2. The van der Waals surface area contributed by atoms with Gasteiger partial charge >= 0.3 is 5.97 Å². The van der Waals surface area contributed by atoms with E-state index in [1.165, 1.54) is 6.92 Å². The van der Waals surface area contributed by atoms with Gasteiger partial charge in [-0.25, -0.2) is 4.79 Å². The molecule has 0 aromatic heterocycles. The fourth-order valence-electron chi connectivity index (χ4n) is 11.6. The molecule has 7 rings (SSSR count). The summed E-state index contributed by atoms with van der Waals surface area (Å²) in [4.78, 5) is 28.3. The number of esters is 1. The molecule has 1 aromatic rings. The average molecular weight is 585 g/mol. The summed E-state index contributed by atoms with van der Waals surface area (Å²) in [7, 11) is 5.05. The third-order valence-electron chi connectivity index (χ3n) is 12.6. The van der Waals surface area contributed by atoms with Crippen LogP contribution in [0.2, 0.25) is 0 Å². The Balaban J connectivity index is 1.38. The molecule has 6 fully saturated rings. The summed E-state index contributed by atoms with van der Waals surface area (Å²) in [5, 5.41) is 28.4. The number of likely N-dealkylation sites (N-methyl/N-ethyl adjacent to an activating group) is 1. The van der Waals surface area contributed by atoms with Crippen LogP contribution in [0.4, 0.5) is 5.69 Å². The molecule has 12 atom stereocenters. The monoisotopic (exact) mass is 584 g/mol. The zero-order valence-electron chi connectivity index (χ0n) is 25.2. The smallest absolute Gasteiger partial charge is 0.340 e. The Hall–Kier alpha value is -2.08. The fourth-order valence-corrected chi connectivity index (χ4v) is 11.6. The van der Waals surface area contributed by atoms with E-state index < -0.39 is 34.3 Å². The number of benzene rings is 1. The normalized spacial score (nSPS) is 48.2. The maximum absolute atomic E-state index is 14.0. The molecule has 6 aliphatic rings. The average Bonchev–Trinajstić information content (AvgIpc) is 3.39. The van der Waals surface area contributed by atoms with Crippen LogP contribution in [0.25, 0.3) is 0 Å². The number of piperidine rings is 1. The number of ether oxygens (including phenoxy) is 4. The minimum Gasteiger partial charge on any atom is -0.454 e. The topological polar surface area (TPSA) is 127 Å². The SMILES string of the molecule is CCN1C[C@]2(OC(=O)c3ccccc3NC(C)=O)CC[C@H](OC)[C@]34[C@H]1[C@H](C[C@@H]23)[C@@]1(O)C[C@H](OC)[C@H]2C[C@@H]4[C@]1(O)[C@@H]2OC. The first kappa shape index (κ1) is 28.7. The minimum absolute atomic E-state index is 0.0432. The maximum atomic E-state index is 14.0. The van der Waals surface area contributed by atoms with Gasteiger partial charge in [0, 0.05) is 76.3 Å². The van der Waals surface area contributed by atoms with Gasteiger partial charge in [-0.05, 0) is 44.4 Å². The molecule has 1 aromatic carbocycles. The van der Waals surface area contributed by atoms with Gasteiger partial charge in [-0.2, -0.15) is 0 Å². The lowest BCUT2D eigenvalue weighted by atomic mass is 9.44. The predicted octanol–water partition coefficient (Wildman–Crippen LogP) is 2.22. The molecule has 1 aliphatic heterocycles. The van der Waals surface area contributed by atoms with Crippen molar-refractivity contribution in [1.29, 1.82) is 0 Å². The second kappa shape index (κ2) is 9.46. The molecule has 1 amide bonds. The van der Waals surface area contributed by atoms with E-state index in [-0.39, 0.29) is 47.8 Å². The Kier molecular flexibility index (Phi) is 6.46. The number of anilines is 1. The highest BCUT2D eigenvalue weighted by Gasteiger charge is 2.89. The van der Waals surface area contributed by atoms with Crippen LogP contribution in [0, 0.1) is 29.1 Å². The summed E-state index contributed by atoms with van der Waals surface area (Å²) in [5.41, 5.74) is -3.57. The van der Waals surface area contributed by atoms with E-state index in [4.69, 9.17) is 18.9 Å². The van der Waals surface area contributed by atoms with Gasteiger partial charge in [-0.15, -0.1) is 0 Å². The quantitative estimate of drug-likeness (QED) is 0.414. The molecule has 10 heteroatoms. The Labute approximate surface area is 247 Å². The fraction of sp³-hybridized carbons (Fsp3) is 0.750. The first-order valence-corrected chi connectivity index (χ1v) is 15.4. The molecular formula is C32H44N2O8. The van der Waals surface area contributed by atoms with E-state index in [2.05, 4.69) is 17.1 Å². The number of likely N-dealkylation sites (tertiary alicyclic amines) is 1. The van der Waals surface area contributed by atoms with Crippen LogP contribution in [0.1, 0.15) is 56.3 Å². The molecular weight excluding hydrogens is 540 g/mol. The number of para-hydroxylation sites is 1. The second-order valence-electron chi connectivity index (χ2n) is 13.7. The van der Waals surface area contributed by atoms with Crippen LogP contribution in [0.15, 0.2) is 24.3 Å². The van der Waals surface area contributed by atoms with Gasteiger partial charge in [0.15, 0.2) is 0 Å². The van der Waals surface area contributed by atoms with Crippen molar-refractivity contribution in [3.8, 4) is 0 Å². The first-order chi connectivity index (χ1) is 20.1. The molecule has 230 valence electrons. The molecule has 5 aliphatic carbocycles. The van der Waals surface area contributed by atoms with E-state index in [0.717, 1.165) is 0 Å². The number of nitrogens with one attached hydrogen (secondary N) is 1. The molecule has 5 saturated carbocycles. The summed E-state index contributed by atoms with van der Waals surface area (Å²) >= 11 is 0. The highest BCUT2D eigenvalue weighted by molar-refractivity contribution is 6.00.